The number of carbonyl (C=O) groups excluding carboxylic acids is 1. The van der Waals surface area contributed by atoms with Crippen LogP contribution in [0.3, 0.4) is 0 Å². The first-order chi connectivity index (χ1) is 9.76. The molecule has 1 saturated heterocycles. The highest BCUT2D eigenvalue weighted by Crippen LogP contribution is 2.21. The van der Waals surface area contributed by atoms with Crippen LogP contribution in [-0.2, 0) is 16.1 Å². The number of carbonyl (C=O) groups is 1. The zero-order valence-corrected chi connectivity index (χ0v) is 12.9. The predicted octanol–water partition coefficient (Wildman–Crippen LogP) is 0.970. The van der Waals surface area contributed by atoms with Crippen LogP contribution in [0.25, 0.3) is 10.2 Å². The number of hydrogen-bond acceptors (Lipinski definition) is 5. The molecular formula is C14H17N2O2S2+. The Bertz CT molecular complexity index is 581. The van der Waals surface area contributed by atoms with Crippen LogP contribution in [-0.4, -0.2) is 42.2 Å². The molecule has 0 aliphatic carbocycles. The molecule has 106 valence electrons. The Morgan fingerprint density at radius 3 is 3.15 bits per heavy atom. The Morgan fingerprint density at radius 1 is 1.50 bits per heavy atom. The quantitative estimate of drug-likeness (QED) is 0.858. The molecule has 6 heteroatoms. The van der Waals surface area contributed by atoms with Crippen molar-refractivity contribution >= 4 is 39.3 Å². The summed E-state index contributed by atoms with van der Waals surface area (Å²) in [6.07, 6.45) is 0. The molecule has 2 aromatic rings. The first kappa shape index (κ1) is 13.9. The van der Waals surface area contributed by atoms with Gasteiger partial charge in [-0.25, -0.2) is 4.98 Å². The Hall–Kier alpha value is -1.11. The minimum Gasteiger partial charge on any atom is -0.468 e. The largest absolute Gasteiger partial charge is 0.468 e. The number of hydrogen-bond donors (Lipinski definition) is 1. The summed E-state index contributed by atoms with van der Waals surface area (Å²) < 4.78 is 6.08. The molecule has 1 aliphatic heterocycles. The van der Waals surface area contributed by atoms with E-state index in [0.717, 1.165) is 35.9 Å². The van der Waals surface area contributed by atoms with E-state index in [1.165, 1.54) is 16.7 Å². The van der Waals surface area contributed by atoms with Gasteiger partial charge in [-0.3, -0.25) is 4.79 Å². The van der Waals surface area contributed by atoms with Crippen molar-refractivity contribution in [3.8, 4) is 0 Å². The molecule has 1 aliphatic rings. The Labute approximate surface area is 126 Å². The number of nitrogens with zero attached hydrogens (tertiary/aromatic N) is 1. The lowest BCUT2D eigenvalue weighted by molar-refractivity contribution is -0.911. The van der Waals surface area contributed by atoms with Crippen molar-refractivity contribution < 1.29 is 14.4 Å². The summed E-state index contributed by atoms with van der Waals surface area (Å²) in [5.41, 5.74) is 1.07. The molecule has 3 rings (SSSR count). The van der Waals surface area contributed by atoms with E-state index in [0.29, 0.717) is 0 Å². The lowest BCUT2D eigenvalue weighted by atomic mass is 10.3. The minimum atomic E-state index is -0.100. The van der Waals surface area contributed by atoms with Crippen molar-refractivity contribution in [2.45, 2.75) is 11.8 Å². The van der Waals surface area contributed by atoms with Crippen LogP contribution < -0.4 is 4.90 Å². The molecule has 2 atom stereocenters. The van der Waals surface area contributed by atoms with E-state index in [1.54, 1.807) is 23.1 Å². The van der Waals surface area contributed by atoms with Gasteiger partial charge >= 0.3 is 5.97 Å². The average molecular weight is 309 g/mol. The fraction of sp³-hybridized carbons (Fsp3) is 0.429. The molecule has 20 heavy (non-hydrogen) atoms. The summed E-state index contributed by atoms with van der Waals surface area (Å²) in [5.74, 6) is 0.900. The number of thiazole rings is 1. The van der Waals surface area contributed by atoms with Gasteiger partial charge in [-0.2, -0.15) is 0 Å². The Balaban J connectivity index is 1.69. The third kappa shape index (κ3) is 2.97. The van der Waals surface area contributed by atoms with Gasteiger partial charge in [0.05, 0.1) is 23.9 Å². The number of para-hydroxylation sites is 1. The van der Waals surface area contributed by atoms with Gasteiger partial charge in [-0.1, -0.05) is 12.1 Å². The van der Waals surface area contributed by atoms with Crippen LogP contribution in [0.5, 0.6) is 0 Å². The van der Waals surface area contributed by atoms with Crippen molar-refractivity contribution in [2.75, 3.05) is 26.0 Å². The zero-order chi connectivity index (χ0) is 13.9. The molecular weight excluding hydrogens is 292 g/mol. The van der Waals surface area contributed by atoms with Crippen LogP contribution in [0.2, 0.25) is 0 Å². The Morgan fingerprint density at radius 2 is 2.35 bits per heavy atom. The van der Waals surface area contributed by atoms with Crippen molar-refractivity contribution in [3.05, 3.63) is 29.3 Å². The van der Waals surface area contributed by atoms with Gasteiger partial charge < -0.3 is 9.64 Å². The topological polar surface area (TPSA) is 43.6 Å². The number of methoxy groups -OCH3 is 1. The van der Waals surface area contributed by atoms with Crippen molar-refractivity contribution in [1.82, 2.24) is 4.98 Å². The summed E-state index contributed by atoms with van der Waals surface area (Å²) in [6, 6.07) is 8.22. The number of aromatic nitrogens is 1. The monoisotopic (exact) mass is 309 g/mol. The molecule has 2 heterocycles. The molecule has 0 saturated carbocycles. The number of rotatable bonds is 3. The third-order valence-electron chi connectivity index (χ3n) is 3.45. The van der Waals surface area contributed by atoms with Gasteiger partial charge in [0, 0.05) is 5.75 Å². The lowest BCUT2D eigenvalue weighted by Crippen LogP contribution is -3.13. The number of quaternary nitrogens is 1. The molecule has 1 aromatic carbocycles. The smallest absolute Gasteiger partial charge is 0.324 e. The lowest BCUT2D eigenvalue weighted by Gasteiger charge is -2.27. The van der Waals surface area contributed by atoms with Crippen LogP contribution in [0.15, 0.2) is 24.3 Å². The number of ether oxygens (including phenoxy) is 1. The van der Waals surface area contributed by atoms with Crippen LogP contribution >= 0.6 is 23.1 Å². The molecule has 1 fully saturated rings. The summed E-state index contributed by atoms with van der Waals surface area (Å²) in [7, 11) is 1.46. The highest BCUT2D eigenvalue weighted by molar-refractivity contribution is 8.00. The molecule has 1 aromatic heterocycles. The SMILES string of the molecule is COC(=O)[C@H]1C[NH+](Cc2nc3ccccc3s2)CCS1. The molecule has 4 nitrogen and oxygen atoms in total. The molecule has 1 unspecified atom stereocenters. The van der Waals surface area contributed by atoms with Crippen molar-refractivity contribution in [3.63, 3.8) is 0 Å². The van der Waals surface area contributed by atoms with E-state index >= 15 is 0 Å². The highest BCUT2D eigenvalue weighted by atomic mass is 32.2. The summed E-state index contributed by atoms with van der Waals surface area (Å²) in [6.45, 7) is 2.80. The van der Waals surface area contributed by atoms with E-state index in [4.69, 9.17) is 4.74 Å². The normalized spacial score (nSPS) is 22.9. The van der Waals surface area contributed by atoms with Gasteiger partial charge in [-0.05, 0) is 12.1 Å². The number of nitrogens with one attached hydrogen (secondary N) is 1. The number of esters is 1. The number of benzene rings is 1. The molecule has 0 bridgehead atoms. The maximum Gasteiger partial charge on any atom is 0.324 e. The highest BCUT2D eigenvalue weighted by Gasteiger charge is 2.30. The number of fused-ring (bicyclic) bond motifs is 1. The standard InChI is InChI=1S/C14H16N2O2S2/c1-18-14(17)12-8-16(6-7-19-12)9-13-15-10-4-2-3-5-11(10)20-13/h2-5,12H,6-9H2,1H3/p+1/t12-/m1/s1. The van der Waals surface area contributed by atoms with E-state index in [2.05, 4.69) is 11.1 Å². The van der Waals surface area contributed by atoms with Gasteiger partial charge in [0.1, 0.15) is 18.1 Å². The number of thioether (sulfide) groups is 1. The van der Waals surface area contributed by atoms with Crippen molar-refractivity contribution in [2.24, 2.45) is 0 Å². The third-order valence-corrected chi connectivity index (χ3v) is 5.69. The molecule has 0 spiro atoms. The zero-order valence-electron chi connectivity index (χ0n) is 11.3. The van der Waals surface area contributed by atoms with Crippen LogP contribution in [0, 0.1) is 0 Å². The van der Waals surface area contributed by atoms with E-state index in [1.807, 2.05) is 18.2 Å². The molecule has 0 amide bonds. The second-order valence-electron chi connectivity index (χ2n) is 4.84. The van der Waals surface area contributed by atoms with E-state index < -0.39 is 0 Å². The second-order valence-corrected chi connectivity index (χ2v) is 7.26. The Kier molecular flexibility index (Phi) is 4.24. The van der Waals surface area contributed by atoms with Crippen molar-refractivity contribution in [1.29, 1.82) is 0 Å². The maximum absolute atomic E-state index is 11.6. The first-order valence-corrected chi connectivity index (χ1v) is 8.50. The van der Waals surface area contributed by atoms with Gasteiger partial charge in [0.25, 0.3) is 0 Å². The van der Waals surface area contributed by atoms with Crippen LogP contribution in [0.4, 0.5) is 0 Å². The first-order valence-electron chi connectivity index (χ1n) is 6.63. The fourth-order valence-corrected chi connectivity index (χ4v) is 4.74. The minimum absolute atomic E-state index is 0.0295. The van der Waals surface area contributed by atoms with Gasteiger partial charge in [-0.15, -0.1) is 23.1 Å². The van der Waals surface area contributed by atoms with E-state index in [-0.39, 0.29) is 11.2 Å². The summed E-state index contributed by atoms with van der Waals surface area (Å²) in [4.78, 5) is 17.7. The maximum atomic E-state index is 11.6. The van der Waals surface area contributed by atoms with Crippen LogP contribution in [0.1, 0.15) is 5.01 Å². The fourth-order valence-electron chi connectivity index (χ4n) is 2.42. The van der Waals surface area contributed by atoms with Gasteiger partial charge in [0.2, 0.25) is 0 Å². The second kappa shape index (κ2) is 6.11. The predicted molar refractivity (Wildman–Crippen MR) is 82.3 cm³/mol. The van der Waals surface area contributed by atoms with E-state index in [9.17, 15) is 4.79 Å². The summed E-state index contributed by atoms with van der Waals surface area (Å²) in [5, 5.41) is 1.12. The summed E-state index contributed by atoms with van der Waals surface area (Å²) >= 11 is 3.45. The molecule has 1 N–H and O–H groups in total. The molecule has 0 radical (unpaired) electrons. The average Bonchev–Trinajstić information content (AvgIpc) is 2.88. The van der Waals surface area contributed by atoms with Gasteiger partial charge in [0.15, 0.2) is 5.25 Å².